The van der Waals surface area contributed by atoms with Crippen LogP contribution in [-0.2, 0) is 26.3 Å². The van der Waals surface area contributed by atoms with Crippen LogP contribution in [0.2, 0.25) is 10.0 Å². The van der Waals surface area contributed by atoms with Crippen molar-refractivity contribution in [3.8, 4) is 6.07 Å². The quantitative estimate of drug-likeness (QED) is 0.323. The van der Waals surface area contributed by atoms with Gasteiger partial charge >= 0.3 is 0 Å². The van der Waals surface area contributed by atoms with Gasteiger partial charge in [0.1, 0.15) is 0 Å². The number of nitrogens with zero attached hydrogens (tertiary/aromatic N) is 2. The second-order valence-corrected chi connectivity index (χ2v) is 13.4. The predicted molar refractivity (Wildman–Crippen MR) is 163 cm³/mol. The van der Waals surface area contributed by atoms with Crippen LogP contribution in [0.4, 0.5) is 0 Å². The van der Waals surface area contributed by atoms with Crippen molar-refractivity contribution in [2.24, 2.45) is 0 Å². The first-order valence-electron chi connectivity index (χ1n) is 13.8. The molecular formula is C31H30Cl2N4O5S. The molecule has 2 N–H and O–H groups in total. The van der Waals surface area contributed by atoms with E-state index in [0.717, 1.165) is 19.1 Å². The standard InChI is InChI=1S/C31H30Cl2N4O5S/c1-43(40,41)36-26-11-4-5-12-27(26)37-29(24-14-13-21(32)16-25(24)33)28(22-9-2-3-10-23(22)31(37)39)30(38)35-42-18-20-8-6-7-19(15-20)17-34/h2-3,6-10,13-16,26-29,36H,4-5,11-12,18H2,1H3,(H,35,38). The molecule has 5 rings (SSSR count). The second kappa shape index (κ2) is 13.0. The number of hydrogen-bond acceptors (Lipinski definition) is 6. The van der Waals surface area contributed by atoms with E-state index in [2.05, 4.69) is 16.3 Å². The highest BCUT2D eigenvalue weighted by Gasteiger charge is 2.49. The number of carbonyl (C=O) groups excluding carboxylic acids is 2. The first-order valence-corrected chi connectivity index (χ1v) is 16.5. The summed E-state index contributed by atoms with van der Waals surface area (Å²) in [6.45, 7) is 0.00756. The molecule has 1 aliphatic heterocycles. The fraction of sp³-hybridized carbons (Fsp3) is 0.323. The van der Waals surface area contributed by atoms with Gasteiger partial charge < -0.3 is 4.90 Å². The number of hydroxylamine groups is 1. The number of nitrogens with one attached hydrogen (secondary N) is 2. The smallest absolute Gasteiger partial charge is 0.255 e. The molecule has 0 aromatic heterocycles. The first-order chi connectivity index (χ1) is 20.6. The van der Waals surface area contributed by atoms with Gasteiger partial charge in [0, 0.05) is 27.7 Å². The number of benzene rings is 3. The maximum atomic E-state index is 14.3. The fourth-order valence-electron chi connectivity index (χ4n) is 6.11. The molecular weight excluding hydrogens is 611 g/mol. The average molecular weight is 642 g/mol. The van der Waals surface area contributed by atoms with Crippen LogP contribution < -0.4 is 10.2 Å². The Bertz CT molecular complexity index is 1690. The highest BCUT2D eigenvalue weighted by Crippen LogP contribution is 2.47. The summed E-state index contributed by atoms with van der Waals surface area (Å²) in [6.07, 6.45) is 3.73. The van der Waals surface area contributed by atoms with Gasteiger partial charge in [-0.15, -0.1) is 0 Å². The Labute approximate surface area is 260 Å². The normalized spacial score (nSPS) is 22.0. The van der Waals surface area contributed by atoms with Crippen LogP contribution in [0.3, 0.4) is 0 Å². The first kappa shape index (κ1) is 31.0. The van der Waals surface area contributed by atoms with Gasteiger partial charge in [-0.05, 0) is 59.9 Å². The zero-order chi connectivity index (χ0) is 30.7. The van der Waals surface area contributed by atoms with Crippen LogP contribution in [0, 0.1) is 11.3 Å². The van der Waals surface area contributed by atoms with Crippen molar-refractivity contribution < 1.29 is 22.8 Å². The molecule has 12 heteroatoms. The minimum absolute atomic E-state index is 0.00756. The summed E-state index contributed by atoms with van der Waals surface area (Å²) in [7, 11) is -3.59. The minimum Gasteiger partial charge on any atom is -0.326 e. The van der Waals surface area contributed by atoms with Gasteiger partial charge in [-0.1, -0.05) is 72.4 Å². The maximum absolute atomic E-state index is 14.3. The van der Waals surface area contributed by atoms with E-state index in [9.17, 15) is 23.3 Å². The highest BCUT2D eigenvalue weighted by atomic mass is 35.5. The molecule has 3 aromatic rings. The molecule has 1 fully saturated rings. The molecule has 0 saturated heterocycles. The molecule has 0 radical (unpaired) electrons. The molecule has 0 bridgehead atoms. The van der Waals surface area contributed by atoms with Gasteiger partial charge in [0.25, 0.3) is 11.8 Å². The van der Waals surface area contributed by atoms with Gasteiger partial charge in [0.05, 0.1) is 36.5 Å². The lowest BCUT2D eigenvalue weighted by molar-refractivity contribution is -0.138. The Hall–Kier alpha value is -3.46. The number of halogens is 2. The van der Waals surface area contributed by atoms with E-state index in [1.807, 2.05) is 0 Å². The van der Waals surface area contributed by atoms with Crippen molar-refractivity contribution in [1.82, 2.24) is 15.1 Å². The Kier molecular flexibility index (Phi) is 9.39. The van der Waals surface area contributed by atoms with Crippen molar-refractivity contribution in [2.45, 2.75) is 56.3 Å². The third-order valence-corrected chi connectivity index (χ3v) is 9.15. The van der Waals surface area contributed by atoms with Gasteiger partial charge in [0.2, 0.25) is 10.0 Å². The van der Waals surface area contributed by atoms with Crippen molar-refractivity contribution in [2.75, 3.05) is 6.26 Å². The van der Waals surface area contributed by atoms with E-state index in [-0.39, 0.29) is 17.5 Å². The molecule has 9 nitrogen and oxygen atoms in total. The summed E-state index contributed by atoms with van der Waals surface area (Å²) in [5.41, 5.74) is 5.05. The molecule has 4 atom stereocenters. The molecule has 0 spiro atoms. The fourth-order valence-corrected chi connectivity index (χ4v) is 7.46. The highest BCUT2D eigenvalue weighted by molar-refractivity contribution is 7.88. The van der Waals surface area contributed by atoms with E-state index in [1.54, 1.807) is 71.6 Å². The minimum atomic E-state index is -3.59. The number of carbonyl (C=O) groups is 2. The van der Waals surface area contributed by atoms with Gasteiger partial charge in [0.15, 0.2) is 0 Å². The van der Waals surface area contributed by atoms with Gasteiger partial charge in [-0.3, -0.25) is 14.4 Å². The van der Waals surface area contributed by atoms with Crippen LogP contribution in [0.15, 0.2) is 66.7 Å². The number of amides is 2. The van der Waals surface area contributed by atoms with Gasteiger partial charge in [-0.25, -0.2) is 18.6 Å². The maximum Gasteiger partial charge on any atom is 0.255 e. The van der Waals surface area contributed by atoms with E-state index < -0.39 is 40.0 Å². The summed E-state index contributed by atoms with van der Waals surface area (Å²) >= 11 is 13.0. The van der Waals surface area contributed by atoms with Gasteiger partial charge in [-0.2, -0.15) is 5.26 Å². The lowest BCUT2D eigenvalue weighted by Gasteiger charge is -2.49. The van der Waals surface area contributed by atoms with E-state index in [4.69, 9.17) is 28.0 Å². The molecule has 1 saturated carbocycles. The topological polar surface area (TPSA) is 129 Å². The van der Waals surface area contributed by atoms with Crippen molar-refractivity contribution in [3.05, 3.63) is 105 Å². The molecule has 2 aliphatic rings. The number of nitriles is 1. The largest absolute Gasteiger partial charge is 0.326 e. The van der Waals surface area contributed by atoms with Crippen molar-refractivity contribution >= 4 is 45.0 Å². The Morgan fingerprint density at radius 2 is 1.81 bits per heavy atom. The zero-order valence-corrected chi connectivity index (χ0v) is 25.6. The van der Waals surface area contributed by atoms with E-state index in [1.165, 1.54) is 0 Å². The third-order valence-electron chi connectivity index (χ3n) is 7.86. The SMILES string of the molecule is CS(=O)(=O)NC1CCCCC1N1C(=O)c2ccccc2C(C(=O)NOCc2cccc(C#N)c2)C1c1ccc(Cl)cc1Cl. The molecule has 3 aromatic carbocycles. The molecule has 43 heavy (non-hydrogen) atoms. The summed E-state index contributed by atoms with van der Waals surface area (Å²) in [5, 5.41) is 9.86. The summed E-state index contributed by atoms with van der Waals surface area (Å²) in [6, 6.07) is 18.7. The lowest BCUT2D eigenvalue weighted by Crippen LogP contribution is -2.59. The van der Waals surface area contributed by atoms with Crippen LogP contribution in [-0.4, -0.2) is 43.5 Å². The van der Waals surface area contributed by atoms with Crippen LogP contribution in [0.1, 0.15) is 70.3 Å². The van der Waals surface area contributed by atoms with Crippen molar-refractivity contribution in [1.29, 1.82) is 5.26 Å². The number of rotatable bonds is 8. The summed E-state index contributed by atoms with van der Waals surface area (Å²) in [4.78, 5) is 35.6. The van der Waals surface area contributed by atoms with E-state index in [0.29, 0.717) is 45.7 Å². The number of hydrogen-bond donors (Lipinski definition) is 2. The number of fused-ring (bicyclic) bond motifs is 1. The average Bonchev–Trinajstić information content (AvgIpc) is 2.97. The lowest BCUT2D eigenvalue weighted by atomic mass is 9.76. The molecule has 2 amide bonds. The second-order valence-electron chi connectivity index (χ2n) is 10.8. The van der Waals surface area contributed by atoms with Crippen molar-refractivity contribution in [3.63, 3.8) is 0 Å². The molecule has 1 heterocycles. The Morgan fingerprint density at radius 1 is 1.05 bits per heavy atom. The van der Waals surface area contributed by atoms with Crippen LogP contribution in [0.25, 0.3) is 0 Å². The van der Waals surface area contributed by atoms with Crippen LogP contribution >= 0.6 is 23.2 Å². The molecule has 1 aliphatic carbocycles. The van der Waals surface area contributed by atoms with E-state index >= 15 is 0 Å². The zero-order valence-electron chi connectivity index (χ0n) is 23.3. The molecule has 224 valence electrons. The molecule has 4 unspecified atom stereocenters. The predicted octanol–water partition coefficient (Wildman–Crippen LogP) is 5.25. The summed E-state index contributed by atoms with van der Waals surface area (Å²) < 4.78 is 27.4. The Morgan fingerprint density at radius 3 is 2.56 bits per heavy atom. The van der Waals surface area contributed by atoms with Crippen LogP contribution in [0.5, 0.6) is 0 Å². The third kappa shape index (κ3) is 6.87. The number of sulfonamides is 1. The Balaban J connectivity index is 1.58. The summed E-state index contributed by atoms with van der Waals surface area (Å²) in [5.74, 6) is -1.79. The monoisotopic (exact) mass is 640 g/mol.